The lowest BCUT2D eigenvalue weighted by atomic mass is 10.0. The predicted octanol–water partition coefficient (Wildman–Crippen LogP) is 3.30. The molecular weight excluding hydrogens is 503 g/mol. The van der Waals surface area contributed by atoms with Gasteiger partial charge in [-0.05, 0) is 72.9 Å². The number of carbonyl (C=O) groups is 2. The number of hydrogen-bond donors (Lipinski definition) is 1. The van der Waals surface area contributed by atoms with Gasteiger partial charge >= 0.3 is 0 Å². The van der Waals surface area contributed by atoms with Crippen molar-refractivity contribution in [2.45, 2.75) is 63.3 Å². The van der Waals surface area contributed by atoms with Crippen molar-refractivity contribution in [1.82, 2.24) is 30.4 Å². The van der Waals surface area contributed by atoms with E-state index in [0.29, 0.717) is 23.7 Å². The van der Waals surface area contributed by atoms with E-state index in [2.05, 4.69) is 20.7 Å². The summed E-state index contributed by atoms with van der Waals surface area (Å²) in [7, 11) is 1.59. The highest BCUT2D eigenvalue weighted by molar-refractivity contribution is 5.89. The molecule has 2 atom stereocenters. The maximum atomic E-state index is 13.8. The normalized spacial score (nSPS) is 18.2. The molecule has 1 saturated carbocycles. The SMILES string of the molecule is COc1ccc(-c2nnn(CC(=O)N(CC3CCCO3)C(C(=O)NC3CCCC3)c3ccc(F)cc3)n2)cc1. The number of benzene rings is 2. The van der Waals surface area contributed by atoms with Crippen molar-refractivity contribution in [3.8, 4) is 17.1 Å². The van der Waals surface area contributed by atoms with Crippen LogP contribution < -0.4 is 10.1 Å². The lowest BCUT2D eigenvalue weighted by Crippen LogP contribution is -2.49. The number of methoxy groups -OCH3 is 1. The van der Waals surface area contributed by atoms with Crippen LogP contribution in [-0.4, -0.2) is 69.3 Å². The molecule has 2 fully saturated rings. The Kier molecular flexibility index (Phi) is 8.45. The Morgan fingerprint density at radius 1 is 1.10 bits per heavy atom. The van der Waals surface area contributed by atoms with E-state index in [-0.39, 0.29) is 37.0 Å². The minimum atomic E-state index is -0.951. The highest BCUT2D eigenvalue weighted by Gasteiger charge is 2.35. The van der Waals surface area contributed by atoms with Gasteiger partial charge in [-0.2, -0.15) is 4.80 Å². The fourth-order valence-electron chi connectivity index (χ4n) is 5.20. The third kappa shape index (κ3) is 6.59. The van der Waals surface area contributed by atoms with Crippen LogP contribution in [0.15, 0.2) is 48.5 Å². The third-order valence-electron chi connectivity index (χ3n) is 7.27. The van der Waals surface area contributed by atoms with Crippen molar-refractivity contribution in [3.05, 3.63) is 59.9 Å². The zero-order chi connectivity index (χ0) is 27.2. The Labute approximate surface area is 226 Å². The number of halogens is 1. The number of hydrogen-bond acceptors (Lipinski definition) is 7. The smallest absolute Gasteiger partial charge is 0.247 e. The summed E-state index contributed by atoms with van der Waals surface area (Å²) in [6, 6.07) is 12.0. The molecule has 1 aliphatic carbocycles. The van der Waals surface area contributed by atoms with Crippen LogP contribution in [0.25, 0.3) is 11.4 Å². The van der Waals surface area contributed by atoms with E-state index in [0.717, 1.165) is 44.1 Å². The zero-order valence-electron chi connectivity index (χ0n) is 22.0. The molecule has 1 saturated heterocycles. The average molecular weight is 537 g/mol. The van der Waals surface area contributed by atoms with E-state index in [4.69, 9.17) is 9.47 Å². The van der Waals surface area contributed by atoms with E-state index >= 15 is 0 Å². The van der Waals surface area contributed by atoms with E-state index in [9.17, 15) is 14.0 Å². The molecule has 0 bridgehead atoms. The number of nitrogens with zero attached hydrogens (tertiary/aromatic N) is 5. The summed E-state index contributed by atoms with van der Waals surface area (Å²) in [5.41, 5.74) is 1.26. The van der Waals surface area contributed by atoms with Crippen molar-refractivity contribution in [3.63, 3.8) is 0 Å². The van der Waals surface area contributed by atoms with Crippen molar-refractivity contribution >= 4 is 11.8 Å². The van der Waals surface area contributed by atoms with E-state index in [1.54, 1.807) is 31.4 Å². The highest BCUT2D eigenvalue weighted by Crippen LogP contribution is 2.27. The van der Waals surface area contributed by atoms with E-state index < -0.39 is 11.9 Å². The number of carbonyl (C=O) groups excluding carboxylic acids is 2. The first kappa shape index (κ1) is 26.7. The van der Waals surface area contributed by atoms with Gasteiger partial charge in [0.25, 0.3) is 0 Å². The van der Waals surface area contributed by atoms with Crippen molar-refractivity contribution in [2.24, 2.45) is 0 Å². The minimum absolute atomic E-state index is 0.0594. The second-order valence-corrected chi connectivity index (χ2v) is 10.00. The molecule has 2 amide bonds. The molecule has 2 unspecified atom stereocenters. The first-order valence-corrected chi connectivity index (χ1v) is 13.4. The summed E-state index contributed by atoms with van der Waals surface area (Å²) in [5.74, 6) is 0.00739. The molecule has 3 aromatic rings. The Morgan fingerprint density at radius 3 is 2.51 bits per heavy atom. The first-order valence-electron chi connectivity index (χ1n) is 13.4. The van der Waals surface area contributed by atoms with Crippen LogP contribution in [0.5, 0.6) is 5.75 Å². The van der Waals surface area contributed by atoms with E-state index in [1.807, 2.05) is 12.1 Å². The molecule has 39 heavy (non-hydrogen) atoms. The van der Waals surface area contributed by atoms with Gasteiger partial charge in [0.2, 0.25) is 17.6 Å². The number of ether oxygens (including phenoxy) is 2. The maximum absolute atomic E-state index is 13.8. The van der Waals surface area contributed by atoms with Crippen LogP contribution in [0.3, 0.4) is 0 Å². The summed E-state index contributed by atoms with van der Waals surface area (Å²) in [6.45, 7) is 0.612. The summed E-state index contributed by atoms with van der Waals surface area (Å²) in [6.07, 6.45) is 5.38. The van der Waals surface area contributed by atoms with Gasteiger partial charge in [0.05, 0.1) is 13.2 Å². The van der Waals surface area contributed by atoms with Gasteiger partial charge in [0.15, 0.2) is 0 Å². The predicted molar refractivity (Wildman–Crippen MR) is 140 cm³/mol. The third-order valence-corrected chi connectivity index (χ3v) is 7.27. The quantitative estimate of drug-likeness (QED) is 0.423. The van der Waals surface area contributed by atoms with Gasteiger partial charge in [-0.1, -0.05) is 25.0 Å². The molecule has 0 radical (unpaired) electrons. The minimum Gasteiger partial charge on any atom is -0.497 e. The lowest BCUT2D eigenvalue weighted by Gasteiger charge is -2.33. The van der Waals surface area contributed by atoms with Crippen molar-refractivity contribution in [1.29, 1.82) is 0 Å². The summed E-state index contributed by atoms with van der Waals surface area (Å²) >= 11 is 0. The number of amides is 2. The van der Waals surface area contributed by atoms with Crippen LogP contribution in [0, 0.1) is 5.82 Å². The lowest BCUT2D eigenvalue weighted by molar-refractivity contribution is -0.143. The molecule has 1 N–H and O–H groups in total. The van der Waals surface area contributed by atoms with Gasteiger partial charge in [-0.25, -0.2) is 4.39 Å². The molecule has 11 heteroatoms. The van der Waals surface area contributed by atoms with Crippen LogP contribution in [0.2, 0.25) is 0 Å². The number of nitrogens with one attached hydrogen (secondary N) is 1. The summed E-state index contributed by atoms with van der Waals surface area (Å²) in [4.78, 5) is 30.3. The Hall–Kier alpha value is -3.86. The fraction of sp³-hybridized carbons (Fsp3) is 0.464. The summed E-state index contributed by atoms with van der Waals surface area (Å²) < 4.78 is 24.8. The molecule has 2 aromatic carbocycles. The molecule has 5 rings (SSSR count). The van der Waals surface area contributed by atoms with Crippen LogP contribution >= 0.6 is 0 Å². The average Bonchev–Trinajstić information content (AvgIpc) is 3.73. The molecule has 1 aromatic heterocycles. The highest BCUT2D eigenvalue weighted by atomic mass is 19.1. The number of aromatic nitrogens is 4. The fourth-order valence-corrected chi connectivity index (χ4v) is 5.20. The molecule has 2 aliphatic rings. The number of rotatable bonds is 10. The van der Waals surface area contributed by atoms with Crippen molar-refractivity contribution in [2.75, 3.05) is 20.3 Å². The van der Waals surface area contributed by atoms with E-state index in [1.165, 1.54) is 21.8 Å². The molecule has 206 valence electrons. The van der Waals surface area contributed by atoms with Crippen LogP contribution in [0.4, 0.5) is 4.39 Å². The molecule has 10 nitrogen and oxygen atoms in total. The zero-order valence-corrected chi connectivity index (χ0v) is 22.0. The second kappa shape index (κ2) is 12.3. The maximum Gasteiger partial charge on any atom is 0.247 e. The molecule has 1 aliphatic heterocycles. The Bertz CT molecular complexity index is 1250. The first-order chi connectivity index (χ1) is 19.0. The Balaban J connectivity index is 1.41. The second-order valence-electron chi connectivity index (χ2n) is 10.00. The van der Waals surface area contributed by atoms with Gasteiger partial charge in [0.1, 0.15) is 24.2 Å². The summed E-state index contributed by atoms with van der Waals surface area (Å²) in [5, 5.41) is 15.7. The number of tetrazole rings is 1. The molecule has 2 heterocycles. The van der Waals surface area contributed by atoms with Gasteiger partial charge in [0, 0.05) is 24.8 Å². The van der Waals surface area contributed by atoms with Crippen LogP contribution in [0.1, 0.15) is 50.1 Å². The van der Waals surface area contributed by atoms with Gasteiger partial charge in [-0.3, -0.25) is 9.59 Å². The topological polar surface area (TPSA) is 111 Å². The molecular formula is C28H33FN6O4. The van der Waals surface area contributed by atoms with Crippen LogP contribution in [-0.2, 0) is 20.9 Å². The van der Waals surface area contributed by atoms with Gasteiger partial charge in [-0.15, -0.1) is 10.2 Å². The largest absolute Gasteiger partial charge is 0.497 e. The van der Waals surface area contributed by atoms with Gasteiger partial charge < -0.3 is 19.7 Å². The monoisotopic (exact) mass is 536 g/mol. The standard InChI is InChI=1S/C28H33FN6O4/c1-38-23-14-10-20(11-15-23)27-31-33-35(32-27)18-25(36)34(17-24-7-4-16-39-24)26(19-8-12-21(29)13-9-19)28(37)30-22-5-2-3-6-22/h8-15,22,24,26H,2-7,16-18H2,1H3,(H,30,37). The molecule has 0 spiro atoms. The Morgan fingerprint density at radius 2 is 1.85 bits per heavy atom. The van der Waals surface area contributed by atoms with Crippen molar-refractivity contribution < 1.29 is 23.5 Å².